The molecule has 0 amide bonds. The molecule has 3 heteroatoms. The van der Waals surface area contributed by atoms with Crippen molar-refractivity contribution in [1.82, 2.24) is 4.90 Å². The molecule has 0 unspecified atom stereocenters. The van der Waals surface area contributed by atoms with Crippen molar-refractivity contribution in [2.24, 2.45) is 0 Å². The molecule has 3 nitrogen and oxygen atoms in total. The first-order valence-corrected chi connectivity index (χ1v) is 7.45. The summed E-state index contributed by atoms with van der Waals surface area (Å²) in [6.45, 7) is 5.24. The van der Waals surface area contributed by atoms with Crippen LogP contribution >= 0.6 is 0 Å². The van der Waals surface area contributed by atoms with Crippen LogP contribution in [0.1, 0.15) is 30.9 Å². The van der Waals surface area contributed by atoms with Gasteiger partial charge in [0.05, 0.1) is 12.7 Å². The van der Waals surface area contributed by atoms with Crippen molar-refractivity contribution in [3.63, 3.8) is 0 Å². The van der Waals surface area contributed by atoms with Crippen LogP contribution in [-0.2, 0) is 17.6 Å². The van der Waals surface area contributed by atoms with E-state index in [1.54, 1.807) is 0 Å². The van der Waals surface area contributed by atoms with E-state index in [1.165, 1.54) is 30.4 Å². The molecule has 2 N–H and O–H groups in total. The molecule has 1 aliphatic carbocycles. The molecule has 1 aliphatic heterocycles. The molecule has 1 saturated heterocycles. The highest BCUT2D eigenvalue weighted by atomic mass is 16.5. The number of fused-ring (bicyclic) bond motifs is 1. The van der Waals surface area contributed by atoms with Gasteiger partial charge < -0.3 is 10.5 Å². The number of benzene rings is 1. The lowest BCUT2D eigenvalue weighted by Gasteiger charge is -2.37. The van der Waals surface area contributed by atoms with Gasteiger partial charge in [-0.15, -0.1) is 0 Å². The highest BCUT2D eigenvalue weighted by Crippen LogP contribution is 2.26. The minimum absolute atomic E-state index is 0.384. The van der Waals surface area contributed by atoms with E-state index in [1.807, 2.05) is 6.07 Å². The van der Waals surface area contributed by atoms with Gasteiger partial charge in [-0.2, -0.15) is 0 Å². The maximum Gasteiger partial charge on any atom is 0.0674 e. The number of hydrogen-bond donors (Lipinski definition) is 1. The minimum atomic E-state index is 0.384. The minimum Gasteiger partial charge on any atom is -0.399 e. The molecule has 1 aromatic rings. The SMILES string of the molecule is C[C@@H]1CN([C@H]2CCc3ccc(N)cc3CC2)CCO1. The first-order chi connectivity index (χ1) is 9.22. The van der Waals surface area contributed by atoms with Crippen LogP contribution in [0.25, 0.3) is 0 Å². The molecule has 104 valence electrons. The first kappa shape index (κ1) is 12.9. The lowest BCUT2D eigenvalue weighted by Crippen LogP contribution is -2.46. The zero-order valence-corrected chi connectivity index (χ0v) is 11.8. The number of ether oxygens (including phenoxy) is 1. The number of anilines is 1. The van der Waals surface area contributed by atoms with Crippen LogP contribution in [-0.4, -0.2) is 36.7 Å². The van der Waals surface area contributed by atoms with Gasteiger partial charge in [0.2, 0.25) is 0 Å². The molecule has 0 radical (unpaired) electrons. The van der Waals surface area contributed by atoms with Crippen LogP contribution < -0.4 is 5.73 Å². The van der Waals surface area contributed by atoms with Crippen molar-refractivity contribution in [3.8, 4) is 0 Å². The number of nitrogen functional groups attached to an aromatic ring is 1. The Bertz CT molecular complexity index is 446. The van der Waals surface area contributed by atoms with Crippen LogP contribution in [0.2, 0.25) is 0 Å². The predicted molar refractivity (Wildman–Crippen MR) is 78.3 cm³/mol. The van der Waals surface area contributed by atoms with Gasteiger partial charge >= 0.3 is 0 Å². The monoisotopic (exact) mass is 260 g/mol. The number of rotatable bonds is 1. The molecule has 1 heterocycles. The summed E-state index contributed by atoms with van der Waals surface area (Å²) >= 11 is 0. The maximum atomic E-state index is 5.90. The Balaban J connectivity index is 1.69. The van der Waals surface area contributed by atoms with E-state index in [-0.39, 0.29) is 0 Å². The van der Waals surface area contributed by atoms with E-state index in [0.717, 1.165) is 31.8 Å². The highest BCUT2D eigenvalue weighted by Gasteiger charge is 2.26. The Morgan fingerprint density at radius 2 is 2.00 bits per heavy atom. The summed E-state index contributed by atoms with van der Waals surface area (Å²) in [5.74, 6) is 0. The molecule has 19 heavy (non-hydrogen) atoms. The van der Waals surface area contributed by atoms with Crippen LogP contribution in [0.5, 0.6) is 0 Å². The van der Waals surface area contributed by atoms with Crippen LogP contribution in [0.15, 0.2) is 18.2 Å². The zero-order chi connectivity index (χ0) is 13.2. The molecule has 0 spiro atoms. The average Bonchev–Trinajstić information content (AvgIpc) is 2.61. The fraction of sp³-hybridized carbons (Fsp3) is 0.625. The van der Waals surface area contributed by atoms with E-state index < -0.39 is 0 Å². The van der Waals surface area contributed by atoms with Crippen molar-refractivity contribution in [2.45, 2.75) is 44.8 Å². The zero-order valence-electron chi connectivity index (χ0n) is 11.8. The third-order valence-corrected chi connectivity index (χ3v) is 4.51. The molecular formula is C16H24N2O. The lowest BCUT2D eigenvalue weighted by atomic mass is 10.0. The summed E-state index contributed by atoms with van der Waals surface area (Å²) in [7, 11) is 0. The van der Waals surface area contributed by atoms with Gasteiger partial charge in [-0.1, -0.05) is 6.07 Å². The quantitative estimate of drug-likeness (QED) is 0.621. The third kappa shape index (κ3) is 2.93. The smallest absolute Gasteiger partial charge is 0.0674 e. The Hall–Kier alpha value is -1.06. The normalized spacial score (nSPS) is 28.7. The summed E-state index contributed by atoms with van der Waals surface area (Å²) < 4.78 is 5.65. The molecule has 1 aromatic carbocycles. The predicted octanol–water partition coefficient (Wildman–Crippen LogP) is 2.24. The lowest BCUT2D eigenvalue weighted by molar-refractivity contribution is -0.0360. The van der Waals surface area contributed by atoms with Gasteiger partial charge in [0.1, 0.15) is 0 Å². The van der Waals surface area contributed by atoms with E-state index in [9.17, 15) is 0 Å². The molecular weight excluding hydrogens is 236 g/mol. The van der Waals surface area contributed by atoms with Gasteiger partial charge in [0, 0.05) is 24.8 Å². The van der Waals surface area contributed by atoms with E-state index >= 15 is 0 Å². The van der Waals surface area contributed by atoms with Gasteiger partial charge in [0.15, 0.2) is 0 Å². The summed E-state index contributed by atoms with van der Waals surface area (Å²) in [6.07, 6.45) is 5.25. The second-order valence-corrected chi connectivity index (χ2v) is 5.94. The number of morpholine rings is 1. The van der Waals surface area contributed by atoms with Crippen molar-refractivity contribution in [3.05, 3.63) is 29.3 Å². The van der Waals surface area contributed by atoms with Crippen LogP contribution in [0.4, 0.5) is 5.69 Å². The van der Waals surface area contributed by atoms with E-state index in [0.29, 0.717) is 12.1 Å². The summed E-state index contributed by atoms with van der Waals surface area (Å²) in [5, 5.41) is 0. The molecule has 1 fully saturated rings. The van der Waals surface area contributed by atoms with E-state index in [4.69, 9.17) is 10.5 Å². The van der Waals surface area contributed by atoms with Gasteiger partial charge in [-0.3, -0.25) is 4.90 Å². The van der Waals surface area contributed by atoms with Gasteiger partial charge in [-0.05, 0) is 55.9 Å². The number of nitrogens with two attached hydrogens (primary N) is 1. The summed E-state index contributed by atoms with van der Waals surface area (Å²) in [5.41, 5.74) is 9.76. The fourth-order valence-corrected chi connectivity index (χ4v) is 3.45. The molecule has 3 rings (SSSR count). The Kier molecular flexibility index (Phi) is 3.76. The Morgan fingerprint density at radius 1 is 1.21 bits per heavy atom. The maximum absolute atomic E-state index is 5.90. The number of hydrogen-bond acceptors (Lipinski definition) is 3. The highest BCUT2D eigenvalue weighted by molar-refractivity contribution is 5.45. The molecule has 0 saturated carbocycles. The topological polar surface area (TPSA) is 38.5 Å². The van der Waals surface area contributed by atoms with Crippen molar-refractivity contribution in [1.29, 1.82) is 0 Å². The number of aryl methyl sites for hydroxylation is 2. The van der Waals surface area contributed by atoms with Crippen LogP contribution in [0.3, 0.4) is 0 Å². The molecule has 0 bridgehead atoms. The van der Waals surface area contributed by atoms with Crippen molar-refractivity contribution < 1.29 is 4.74 Å². The third-order valence-electron chi connectivity index (χ3n) is 4.51. The van der Waals surface area contributed by atoms with Crippen molar-refractivity contribution in [2.75, 3.05) is 25.4 Å². The van der Waals surface area contributed by atoms with Gasteiger partial charge in [-0.25, -0.2) is 0 Å². The second-order valence-electron chi connectivity index (χ2n) is 5.94. The molecule has 2 aliphatic rings. The van der Waals surface area contributed by atoms with Crippen LogP contribution in [0, 0.1) is 0 Å². The second kappa shape index (κ2) is 5.51. The Labute approximate surface area is 115 Å². The summed E-state index contributed by atoms with van der Waals surface area (Å²) in [6, 6.07) is 7.13. The average molecular weight is 260 g/mol. The van der Waals surface area contributed by atoms with Gasteiger partial charge in [0.25, 0.3) is 0 Å². The molecule has 0 aromatic heterocycles. The van der Waals surface area contributed by atoms with E-state index in [2.05, 4.69) is 24.0 Å². The molecule has 2 atom stereocenters. The summed E-state index contributed by atoms with van der Waals surface area (Å²) in [4.78, 5) is 2.63. The standard InChI is InChI=1S/C16H24N2O/c1-12-11-18(8-9-19-12)16-6-3-13-2-5-15(17)10-14(13)4-7-16/h2,5,10,12,16H,3-4,6-9,11,17H2,1H3/t12-,16+/m1/s1. The Morgan fingerprint density at radius 3 is 2.79 bits per heavy atom. The largest absolute Gasteiger partial charge is 0.399 e. The fourth-order valence-electron chi connectivity index (χ4n) is 3.45. The number of nitrogens with zero attached hydrogens (tertiary/aromatic N) is 1. The van der Waals surface area contributed by atoms with Crippen molar-refractivity contribution >= 4 is 5.69 Å². The first-order valence-electron chi connectivity index (χ1n) is 7.45.